The first kappa shape index (κ1) is 22.9. The lowest BCUT2D eigenvalue weighted by Gasteiger charge is -2.08. The molecule has 0 unspecified atom stereocenters. The summed E-state index contributed by atoms with van der Waals surface area (Å²) in [5, 5.41) is 11.3. The molecule has 0 aliphatic rings. The highest BCUT2D eigenvalue weighted by Crippen LogP contribution is 2.16. The van der Waals surface area contributed by atoms with Gasteiger partial charge in [-0.3, -0.25) is 15.0 Å². The van der Waals surface area contributed by atoms with Crippen LogP contribution in [0.2, 0.25) is 0 Å². The minimum atomic E-state index is -3.67. The SMILES string of the molecule is NNC(=O)c1ccc(C(=O)NCc2ccc(S(=O)(=O)NCCOCCO)cc2)s1. The Morgan fingerprint density at radius 1 is 1.03 bits per heavy atom. The fourth-order valence-corrected chi connectivity index (χ4v) is 4.05. The molecule has 1 heterocycles. The second-order valence-electron chi connectivity index (χ2n) is 5.70. The molecule has 0 aliphatic heterocycles. The molecule has 158 valence electrons. The third kappa shape index (κ3) is 6.88. The van der Waals surface area contributed by atoms with Gasteiger partial charge in [0.1, 0.15) is 0 Å². The van der Waals surface area contributed by atoms with E-state index >= 15 is 0 Å². The van der Waals surface area contributed by atoms with Crippen LogP contribution in [0.1, 0.15) is 24.9 Å². The van der Waals surface area contributed by atoms with E-state index in [0.29, 0.717) is 15.3 Å². The largest absolute Gasteiger partial charge is 0.394 e. The van der Waals surface area contributed by atoms with E-state index in [0.717, 1.165) is 11.3 Å². The van der Waals surface area contributed by atoms with Gasteiger partial charge in [0, 0.05) is 13.1 Å². The molecule has 2 aromatic rings. The molecular formula is C17H22N4O6S2. The van der Waals surface area contributed by atoms with E-state index in [1.807, 2.05) is 5.43 Å². The quantitative estimate of drug-likeness (QED) is 0.137. The number of carbonyl (C=O) groups excluding carboxylic acids is 2. The van der Waals surface area contributed by atoms with Gasteiger partial charge in [0.2, 0.25) is 10.0 Å². The summed E-state index contributed by atoms with van der Waals surface area (Å²) in [6, 6.07) is 9.09. The Labute approximate surface area is 172 Å². The van der Waals surface area contributed by atoms with Gasteiger partial charge in [-0.2, -0.15) is 0 Å². The zero-order valence-corrected chi connectivity index (χ0v) is 17.0. The maximum absolute atomic E-state index is 12.2. The fourth-order valence-electron chi connectivity index (χ4n) is 2.21. The van der Waals surface area contributed by atoms with Gasteiger partial charge >= 0.3 is 0 Å². The topological polar surface area (TPSA) is 160 Å². The second-order valence-corrected chi connectivity index (χ2v) is 8.55. The van der Waals surface area contributed by atoms with Crippen molar-refractivity contribution in [3.8, 4) is 0 Å². The first-order valence-corrected chi connectivity index (χ1v) is 10.8. The standard InChI is InChI=1S/C17H22N4O6S2/c18-21-17(24)15-6-5-14(28-15)16(23)19-11-12-1-3-13(4-2-12)29(25,26)20-7-9-27-10-8-22/h1-6,20,22H,7-11,18H2,(H,19,23)(H,21,24). The van der Waals surface area contributed by atoms with Gasteiger partial charge in [-0.05, 0) is 29.8 Å². The maximum atomic E-state index is 12.2. The molecule has 12 heteroatoms. The number of hydrogen-bond acceptors (Lipinski definition) is 8. The highest BCUT2D eigenvalue weighted by atomic mass is 32.2. The number of sulfonamides is 1. The number of ether oxygens (including phenoxy) is 1. The third-order valence-corrected chi connectivity index (χ3v) is 6.21. The molecule has 6 N–H and O–H groups in total. The van der Waals surface area contributed by atoms with Gasteiger partial charge in [-0.25, -0.2) is 19.0 Å². The van der Waals surface area contributed by atoms with Crippen LogP contribution < -0.4 is 21.3 Å². The van der Waals surface area contributed by atoms with Crippen LogP contribution in [0.15, 0.2) is 41.3 Å². The number of aliphatic hydroxyl groups excluding tert-OH is 1. The number of carbonyl (C=O) groups is 2. The Hall–Kier alpha value is -2.35. The number of benzene rings is 1. The number of hydrazine groups is 1. The summed E-state index contributed by atoms with van der Waals surface area (Å²) in [6.45, 7) is 0.459. The normalized spacial score (nSPS) is 11.2. The Kier molecular flexibility index (Phi) is 8.70. The van der Waals surface area contributed by atoms with E-state index in [-0.39, 0.29) is 43.7 Å². The van der Waals surface area contributed by atoms with Gasteiger partial charge in [0.05, 0.1) is 34.5 Å². The fraction of sp³-hybridized carbons (Fsp3) is 0.294. The lowest BCUT2D eigenvalue weighted by atomic mass is 10.2. The molecule has 0 aliphatic carbocycles. The maximum Gasteiger partial charge on any atom is 0.275 e. The number of amides is 2. The van der Waals surface area contributed by atoms with E-state index in [4.69, 9.17) is 15.7 Å². The summed E-state index contributed by atoms with van der Waals surface area (Å²) >= 11 is 1.01. The van der Waals surface area contributed by atoms with Gasteiger partial charge in [0.25, 0.3) is 11.8 Å². The summed E-state index contributed by atoms with van der Waals surface area (Å²) in [6.07, 6.45) is 0. The van der Waals surface area contributed by atoms with Crippen LogP contribution in [0.25, 0.3) is 0 Å². The average molecular weight is 443 g/mol. The Balaban J connectivity index is 1.87. The lowest BCUT2D eigenvalue weighted by Crippen LogP contribution is -2.29. The molecule has 0 atom stereocenters. The summed E-state index contributed by atoms with van der Waals surface area (Å²) < 4.78 is 31.8. The van der Waals surface area contributed by atoms with Crippen LogP contribution in [0.4, 0.5) is 0 Å². The molecule has 2 amide bonds. The molecule has 10 nitrogen and oxygen atoms in total. The minimum absolute atomic E-state index is 0.0884. The summed E-state index contributed by atoms with van der Waals surface area (Å²) in [5.74, 6) is 4.23. The molecule has 0 saturated carbocycles. The van der Waals surface area contributed by atoms with E-state index in [1.54, 1.807) is 12.1 Å². The Morgan fingerprint density at radius 3 is 2.31 bits per heavy atom. The van der Waals surface area contributed by atoms with Crippen molar-refractivity contribution in [3.05, 3.63) is 51.7 Å². The van der Waals surface area contributed by atoms with Crippen molar-refractivity contribution in [3.63, 3.8) is 0 Å². The molecule has 1 aromatic carbocycles. The number of nitrogen functional groups attached to an aromatic ring is 1. The number of aliphatic hydroxyl groups is 1. The molecule has 0 saturated heterocycles. The van der Waals surface area contributed by atoms with E-state index in [1.165, 1.54) is 24.3 Å². The van der Waals surface area contributed by atoms with Crippen molar-refractivity contribution in [1.82, 2.24) is 15.5 Å². The zero-order chi connectivity index (χ0) is 21.3. The number of nitrogens with two attached hydrogens (primary N) is 1. The van der Waals surface area contributed by atoms with E-state index < -0.39 is 15.9 Å². The lowest BCUT2D eigenvalue weighted by molar-refractivity contribution is 0.0949. The number of hydrogen-bond donors (Lipinski definition) is 5. The molecule has 0 radical (unpaired) electrons. The Bertz CT molecular complexity index is 928. The van der Waals surface area contributed by atoms with Crippen LogP contribution in [-0.2, 0) is 21.3 Å². The number of rotatable bonds is 11. The first-order valence-electron chi connectivity index (χ1n) is 8.53. The van der Waals surface area contributed by atoms with Crippen molar-refractivity contribution in [2.45, 2.75) is 11.4 Å². The molecule has 0 spiro atoms. The molecule has 29 heavy (non-hydrogen) atoms. The van der Waals surface area contributed by atoms with Crippen molar-refractivity contribution in [1.29, 1.82) is 0 Å². The van der Waals surface area contributed by atoms with Crippen LogP contribution in [0, 0.1) is 0 Å². The average Bonchev–Trinajstić information content (AvgIpc) is 3.22. The summed E-state index contributed by atoms with van der Waals surface area (Å²) in [5.41, 5.74) is 2.71. The number of nitrogens with one attached hydrogen (secondary N) is 3. The predicted octanol–water partition coefficient (Wildman–Crippen LogP) is -0.431. The van der Waals surface area contributed by atoms with Crippen molar-refractivity contribution >= 4 is 33.2 Å². The number of thiophene rings is 1. The predicted molar refractivity (Wildman–Crippen MR) is 107 cm³/mol. The van der Waals surface area contributed by atoms with Gasteiger partial charge in [-0.1, -0.05) is 12.1 Å². The molecule has 2 rings (SSSR count). The highest BCUT2D eigenvalue weighted by Gasteiger charge is 2.15. The Morgan fingerprint density at radius 2 is 1.69 bits per heavy atom. The van der Waals surface area contributed by atoms with Gasteiger partial charge in [0.15, 0.2) is 0 Å². The molecule has 1 aromatic heterocycles. The zero-order valence-electron chi connectivity index (χ0n) is 15.4. The van der Waals surface area contributed by atoms with Crippen molar-refractivity contribution in [2.24, 2.45) is 5.84 Å². The first-order chi connectivity index (χ1) is 13.9. The van der Waals surface area contributed by atoms with Crippen LogP contribution >= 0.6 is 11.3 Å². The van der Waals surface area contributed by atoms with Crippen molar-refractivity contribution in [2.75, 3.05) is 26.4 Å². The molecule has 0 fully saturated rings. The molecular weight excluding hydrogens is 420 g/mol. The van der Waals surface area contributed by atoms with Crippen LogP contribution in [0.5, 0.6) is 0 Å². The second kappa shape index (κ2) is 11.0. The highest BCUT2D eigenvalue weighted by molar-refractivity contribution is 7.89. The van der Waals surface area contributed by atoms with Gasteiger partial charge in [-0.15, -0.1) is 11.3 Å². The molecule has 0 bridgehead atoms. The summed E-state index contributed by atoms with van der Waals surface area (Å²) in [7, 11) is -3.67. The smallest absolute Gasteiger partial charge is 0.275 e. The minimum Gasteiger partial charge on any atom is -0.394 e. The van der Waals surface area contributed by atoms with Gasteiger partial charge < -0.3 is 15.2 Å². The van der Waals surface area contributed by atoms with Crippen molar-refractivity contribution < 1.29 is 27.9 Å². The van der Waals surface area contributed by atoms with E-state index in [2.05, 4.69) is 10.0 Å². The van der Waals surface area contributed by atoms with Crippen LogP contribution in [0.3, 0.4) is 0 Å². The van der Waals surface area contributed by atoms with E-state index in [9.17, 15) is 18.0 Å². The summed E-state index contributed by atoms with van der Waals surface area (Å²) in [4.78, 5) is 24.4. The third-order valence-electron chi connectivity index (χ3n) is 3.65. The monoisotopic (exact) mass is 442 g/mol. The van der Waals surface area contributed by atoms with Crippen LogP contribution in [-0.4, -0.2) is 51.7 Å².